The molecule has 17 nitrogen and oxygen atoms in total. The minimum absolute atomic E-state index is 0.108. The second-order valence-electron chi connectivity index (χ2n) is 30.5. The van der Waals surface area contributed by atoms with Crippen LogP contribution in [-0.2, 0) is 65.4 Å². The van der Waals surface area contributed by atoms with Gasteiger partial charge in [0.15, 0.2) is 12.2 Å². The number of hydrogen-bond acceptors (Lipinski definition) is 15. The summed E-state index contributed by atoms with van der Waals surface area (Å²) in [5.74, 6) is -1.24. The Labute approximate surface area is 632 Å². The van der Waals surface area contributed by atoms with Crippen LogP contribution in [0.4, 0.5) is 0 Å². The van der Waals surface area contributed by atoms with Gasteiger partial charge in [0.05, 0.1) is 26.4 Å². The zero-order valence-corrected chi connectivity index (χ0v) is 69.3. The molecule has 0 aliphatic heterocycles. The molecule has 0 aromatic heterocycles. The quantitative estimate of drug-likeness (QED) is 0.0222. The molecule has 3 unspecified atom stereocenters. The van der Waals surface area contributed by atoms with E-state index in [1.807, 2.05) is 0 Å². The first-order valence-electron chi connectivity index (χ1n) is 43.7. The highest BCUT2D eigenvalue weighted by atomic mass is 31.2. The summed E-state index contributed by atoms with van der Waals surface area (Å²) in [7, 11) is -9.92. The summed E-state index contributed by atoms with van der Waals surface area (Å²) in [6.07, 6.45) is 69.6. The van der Waals surface area contributed by atoms with Crippen LogP contribution in [0, 0.1) is 5.92 Å². The van der Waals surface area contributed by atoms with Crippen LogP contribution in [-0.4, -0.2) is 96.7 Å². The van der Waals surface area contributed by atoms with Crippen molar-refractivity contribution in [1.29, 1.82) is 0 Å². The molecule has 0 saturated carbocycles. The largest absolute Gasteiger partial charge is 0.472 e. The van der Waals surface area contributed by atoms with E-state index in [1.54, 1.807) is 0 Å². The van der Waals surface area contributed by atoms with Crippen molar-refractivity contribution in [1.82, 2.24) is 0 Å². The SMILES string of the molecule is CCCCCCCCCCCCCCCCCCCCCCC(=O)OC[C@H](COP(=O)(O)OC[C@@H](O)COP(=O)(O)OC[C@@H](COC(=O)CCCCCCCCC)OC(=O)CCCCCCCCCCCCCCCC)OC(=O)CCCCCCCCCCCCCCCCCCCCC(C)CC. The van der Waals surface area contributed by atoms with Crippen LogP contribution in [0.15, 0.2) is 0 Å². The zero-order chi connectivity index (χ0) is 75.5. The van der Waals surface area contributed by atoms with Gasteiger partial charge in [-0.2, -0.15) is 0 Å². The fourth-order valence-electron chi connectivity index (χ4n) is 13.1. The number of esters is 4. The van der Waals surface area contributed by atoms with Crippen LogP contribution in [0.25, 0.3) is 0 Å². The standard InChI is InChI=1S/C84H164O17P2/c1-6-10-13-16-19-21-23-25-27-28-29-30-34-37-41-44-48-53-58-63-68-82(87)95-74-80(101-84(89)70-65-60-55-50-46-42-38-35-32-31-33-36-39-43-47-52-56-61-66-77(5)9-4)76-99-103(92,93)97-72-78(85)71-96-102(90,91)98-75-79(73-94-81(86)67-62-57-51-18-15-12-8-3)100-83(88)69-64-59-54-49-45-40-26-24-22-20-17-14-11-7-2/h77-80,85H,6-76H2,1-5H3,(H,90,91)(H,92,93)/t77?,78-,79+,80+/m0/s1. The van der Waals surface area contributed by atoms with Crippen molar-refractivity contribution in [2.75, 3.05) is 39.6 Å². The van der Waals surface area contributed by atoms with Crippen LogP contribution in [0.3, 0.4) is 0 Å². The lowest BCUT2D eigenvalue weighted by Crippen LogP contribution is -2.30. The highest BCUT2D eigenvalue weighted by molar-refractivity contribution is 7.47. The molecule has 0 spiro atoms. The number of carbonyl (C=O) groups is 4. The summed E-state index contributed by atoms with van der Waals surface area (Å²) >= 11 is 0. The zero-order valence-electron chi connectivity index (χ0n) is 67.5. The second kappa shape index (κ2) is 76.8. The first-order valence-corrected chi connectivity index (χ1v) is 46.7. The predicted molar refractivity (Wildman–Crippen MR) is 423 cm³/mol. The van der Waals surface area contributed by atoms with Crippen LogP contribution < -0.4 is 0 Å². The summed E-state index contributed by atoms with van der Waals surface area (Å²) in [5, 5.41) is 10.6. The fourth-order valence-corrected chi connectivity index (χ4v) is 14.7. The summed E-state index contributed by atoms with van der Waals surface area (Å²) in [6.45, 7) is 7.37. The van der Waals surface area contributed by atoms with E-state index in [2.05, 4.69) is 34.6 Å². The van der Waals surface area contributed by atoms with Crippen LogP contribution in [0.5, 0.6) is 0 Å². The Balaban J connectivity index is 5.15. The maximum absolute atomic E-state index is 13.1. The van der Waals surface area contributed by atoms with Gasteiger partial charge in [-0.15, -0.1) is 0 Å². The van der Waals surface area contributed by atoms with Crippen molar-refractivity contribution in [2.24, 2.45) is 5.92 Å². The van der Waals surface area contributed by atoms with E-state index in [1.165, 1.54) is 263 Å². The molecule has 3 N–H and O–H groups in total. The van der Waals surface area contributed by atoms with Gasteiger partial charge in [-0.3, -0.25) is 37.3 Å². The summed E-state index contributed by atoms with van der Waals surface area (Å²) in [6, 6.07) is 0. The monoisotopic (exact) mass is 1510 g/mol. The Hall–Kier alpha value is -1.94. The summed E-state index contributed by atoms with van der Waals surface area (Å²) < 4.78 is 68.7. The molecule has 0 saturated heterocycles. The van der Waals surface area contributed by atoms with E-state index < -0.39 is 97.5 Å². The number of unbranched alkanes of at least 4 members (excludes halogenated alkanes) is 55. The molecule has 0 heterocycles. The Morgan fingerprint density at radius 3 is 0.689 bits per heavy atom. The third-order valence-electron chi connectivity index (χ3n) is 20.1. The highest BCUT2D eigenvalue weighted by Gasteiger charge is 2.30. The molecular formula is C84H164O17P2. The molecule has 0 aliphatic rings. The topological polar surface area (TPSA) is 237 Å². The molecule has 103 heavy (non-hydrogen) atoms. The maximum atomic E-state index is 13.1. The third-order valence-corrected chi connectivity index (χ3v) is 22.0. The molecule has 0 bridgehead atoms. The number of rotatable bonds is 84. The molecule has 0 amide bonds. The van der Waals surface area contributed by atoms with E-state index >= 15 is 0 Å². The fraction of sp³-hybridized carbons (Fsp3) is 0.952. The molecule has 0 fully saturated rings. The predicted octanol–water partition coefficient (Wildman–Crippen LogP) is 25.6. The van der Waals surface area contributed by atoms with Gasteiger partial charge in [0, 0.05) is 25.7 Å². The summed E-state index contributed by atoms with van der Waals surface area (Å²) in [5.41, 5.74) is 0. The van der Waals surface area contributed by atoms with E-state index in [-0.39, 0.29) is 25.7 Å². The van der Waals surface area contributed by atoms with Gasteiger partial charge >= 0.3 is 39.5 Å². The average molecular weight is 1510 g/mol. The highest BCUT2D eigenvalue weighted by Crippen LogP contribution is 2.45. The Morgan fingerprint density at radius 1 is 0.272 bits per heavy atom. The minimum Gasteiger partial charge on any atom is -0.462 e. The molecule has 612 valence electrons. The summed E-state index contributed by atoms with van der Waals surface area (Å²) in [4.78, 5) is 73.0. The van der Waals surface area contributed by atoms with E-state index in [9.17, 15) is 43.2 Å². The number of hydrogen-bond donors (Lipinski definition) is 3. The number of aliphatic hydroxyl groups is 1. The van der Waals surface area contributed by atoms with E-state index in [0.717, 1.165) is 109 Å². The van der Waals surface area contributed by atoms with Gasteiger partial charge < -0.3 is 33.8 Å². The van der Waals surface area contributed by atoms with Gasteiger partial charge in [-0.1, -0.05) is 401 Å². The van der Waals surface area contributed by atoms with Gasteiger partial charge in [0.2, 0.25) is 0 Å². The molecule has 0 rings (SSSR count). The lowest BCUT2D eigenvalue weighted by molar-refractivity contribution is -0.161. The molecule has 0 aliphatic carbocycles. The van der Waals surface area contributed by atoms with E-state index in [4.69, 9.17) is 37.0 Å². The lowest BCUT2D eigenvalue weighted by Gasteiger charge is -2.21. The van der Waals surface area contributed by atoms with Crippen molar-refractivity contribution < 1.29 is 80.2 Å². The number of phosphoric ester groups is 2. The Kier molecular flexibility index (Phi) is 75.4. The van der Waals surface area contributed by atoms with Gasteiger partial charge in [0.1, 0.15) is 19.3 Å². The van der Waals surface area contributed by atoms with Gasteiger partial charge in [-0.25, -0.2) is 9.13 Å². The molecule has 0 aromatic carbocycles. The first-order chi connectivity index (χ1) is 50.1. The van der Waals surface area contributed by atoms with Gasteiger partial charge in [-0.05, 0) is 31.6 Å². The molecule has 6 atom stereocenters. The van der Waals surface area contributed by atoms with Crippen molar-refractivity contribution in [3.8, 4) is 0 Å². The van der Waals surface area contributed by atoms with Gasteiger partial charge in [0.25, 0.3) is 0 Å². The molecule has 0 radical (unpaired) electrons. The van der Waals surface area contributed by atoms with E-state index in [0.29, 0.717) is 25.7 Å². The van der Waals surface area contributed by atoms with Crippen molar-refractivity contribution >= 4 is 39.5 Å². The Bertz CT molecular complexity index is 1960. The maximum Gasteiger partial charge on any atom is 0.472 e. The smallest absolute Gasteiger partial charge is 0.462 e. The minimum atomic E-state index is -4.96. The number of carbonyl (C=O) groups excluding carboxylic acids is 4. The Morgan fingerprint density at radius 2 is 0.466 bits per heavy atom. The number of phosphoric acid groups is 2. The van der Waals surface area contributed by atoms with Crippen LogP contribution >= 0.6 is 15.6 Å². The number of ether oxygens (including phenoxy) is 4. The molecule has 19 heteroatoms. The normalized spacial score (nSPS) is 14.1. The van der Waals surface area contributed by atoms with Crippen molar-refractivity contribution in [3.63, 3.8) is 0 Å². The second-order valence-corrected chi connectivity index (χ2v) is 33.4. The third kappa shape index (κ3) is 76.6. The first kappa shape index (κ1) is 101. The van der Waals surface area contributed by atoms with Crippen LogP contribution in [0.2, 0.25) is 0 Å². The average Bonchev–Trinajstić information content (AvgIpc) is 0.908. The van der Waals surface area contributed by atoms with Crippen LogP contribution in [0.1, 0.15) is 452 Å². The van der Waals surface area contributed by atoms with Crippen molar-refractivity contribution in [3.05, 3.63) is 0 Å². The lowest BCUT2D eigenvalue weighted by atomic mass is 9.99. The molecule has 0 aromatic rings. The molecular weight excluding hydrogens is 1340 g/mol. The van der Waals surface area contributed by atoms with Crippen molar-refractivity contribution in [2.45, 2.75) is 470 Å². The number of aliphatic hydroxyl groups excluding tert-OH is 1.